The van der Waals surface area contributed by atoms with E-state index in [2.05, 4.69) is 28.6 Å². The van der Waals surface area contributed by atoms with E-state index in [0.717, 1.165) is 9.37 Å². The Labute approximate surface area is 119 Å². The molecule has 0 radical (unpaired) electrons. The summed E-state index contributed by atoms with van der Waals surface area (Å²) in [5.74, 6) is -0.0699. The maximum Gasteiger partial charge on any atom is 0.255 e. The van der Waals surface area contributed by atoms with Gasteiger partial charge in [0.1, 0.15) is 0 Å². The van der Waals surface area contributed by atoms with Gasteiger partial charge in [0.2, 0.25) is 0 Å². The van der Waals surface area contributed by atoms with E-state index >= 15 is 0 Å². The first kappa shape index (κ1) is 13.9. The number of hydrogen-bond donors (Lipinski definition) is 2. The number of amides is 1. The van der Waals surface area contributed by atoms with Crippen LogP contribution in [0.4, 0.5) is 0 Å². The van der Waals surface area contributed by atoms with Gasteiger partial charge in [0.05, 0.1) is 24.9 Å². The van der Waals surface area contributed by atoms with Crippen molar-refractivity contribution in [1.82, 2.24) is 4.90 Å². The molecule has 1 aromatic rings. The number of carbonyl (C=O) groups is 1. The zero-order chi connectivity index (χ0) is 13.1. The fraction of sp³-hybridized carbons (Fsp3) is 0.417. The third-order valence-corrected chi connectivity index (χ3v) is 3.78. The molecule has 0 aliphatic carbocycles. The fourth-order valence-corrected chi connectivity index (χ4v) is 2.48. The number of rotatable bonds is 2. The van der Waals surface area contributed by atoms with Crippen LogP contribution < -0.4 is 0 Å². The van der Waals surface area contributed by atoms with Gasteiger partial charge >= 0.3 is 0 Å². The molecule has 1 N–H and O–H groups in total. The SMILES string of the molecule is O=C(c1cc(S)ccc1Br)N1CCOC(CO)C1. The molecule has 1 aliphatic heterocycles. The molecular formula is C12H14BrNO3S. The number of nitrogens with zero attached hydrogens (tertiary/aromatic N) is 1. The number of aliphatic hydroxyl groups excluding tert-OH is 1. The minimum atomic E-state index is -0.291. The maximum absolute atomic E-state index is 12.4. The predicted molar refractivity (Wildman–Crippen MR) is 74.1 cm³/mol. The van der Waals surface area contributed by atoms with E-state index in [0.29, 0.717) is 25.3 Å². The summed E-state index contributed by atoms with van der Waals surface area (Å²) in [6.45, 7) is 1.34. The van der Waals surface area contributed by atoms with Gasteiger partial charge < -0.3 is 14.7 Å². The lowest BCUT2D eigenvalue weighted by atomic mass is 10.1. The Morgan fingerprint density at radius 1 is 1.61 bits per heavy atom. The van der Waals surface area contributed by atoms with E-state index in [1.54, 1.807) is 17.0 Å². The zero-order valence-electron chi connectivity index (χ0n) is 9.67. The average molecular weight is 332 g/mol. The summed E-state index contributed by atoms with van der Waals surface area (Å²) < 4.78 is 6.07. The highest BCUT2D eigenvalue weighted by Crippen LogP contribution is 2.22. The van der Waals surface area contributed by atoms with Crippen LogP contribution in [0.1, 0.15) is 10.4 Å². The number of morpholine rings is 1. The minimum absolute atomic E-state index is 0.0699. The zero-order valence-corrected chi connectivity index (χ0v) is 12.2. The molecular weight excluding hydrogens is 318 g/mol. The molecule has 1 atom stereocenters. The topological polar surface area (TPSA) is 49.8 Å². The third-order valence-electron chi connectivity index (χ3n) is 2.81. The van der Waals surface area contributed by atoms with E-state index in [4.69, 9.17) is 9.84 Å². The van der Waals surface area contributed by atoms with E-state index in [1.807, 2.05) is 6.07 Å². The normalized spacial score (nSPS) is 19.9. The van der Waals surface area contributed by atoms with E-state index in [-0.39, 0.29) is 18.6 Å². The first-order valence-electron chi connectivity index (χ1n) is 5.62. The summed E-state index contributed by atoms with van der Waals surface area (Å²) in [5.41, 5.74) is 0.584. The standard InChI is InChI=1S/C12H14BrNO3S/c13-11-2-1-9(18)5-10(11)12(16)14-3-4-17-8(6-14)7-15/h1-2,5,8,15,18H,3-4,6-7H2. The van der Waals surface area contributed by atoms with Gasteiger partial charge in [-0.3, -0.25) is 4.79 Å². The number of aliphatic hydroxyl groups is 1. The van der Waals surface area contributed by atoms with Crippen molar-refractivity contribution in [2.75, 3.05) is 26.3 Å². The quantitative estimate of drug-likeness (QED) is 0.809. The highest BCUT2D eigenvalue weighted by atomic mass is 79.9. The van der Waals surface area contributed by atoms with E-state index in [9.17, 15) is 4.79 Å². The highest BCUT2D eigenvalue weighted by molar-refractivity contribution is 9.10. The highest BCUT2D eigenvalue weighted by Gasteiger charge is 2.25. The summed E-state index contributed by atoms with van der Waals surface area (Å²) in [6, 6.07) is 5.36. The molecule has 0 bridgehead atoms. The molecule has 1 saturated heterocycles. The van der Waals surface area contributed by atoms with Crippen molar-refractivity contribution >= 4 is 34.5 Å². The second kappa shape index (κ2) is 6.06. The van der Waals surface area contributed by atoms with Crippen molar-refractivity contribution in [1.29, 1.82) is 0 Å². The fourth-order valence-electron chi connectivity index (χ4n) is 1.86. The van der Waals surface area contributed by atoms with Crippen LogP contribution in [0.25, 0.3) is 0 Å². The lowest BCUT2D eigenvalue weighted by molar-refractivity contribution is -0.0447. The van der Waals surface area contributed by atoms with Gasteiger partial charge in [0.25, 0.3) is 5.91 Å². The molecule has 1 aliphatic rings. The van der Waals surface area contributed by atoms with Gasteiger partial charge in [0, 0.05) is 22.5 Å². The van der Waals surface area contributed by atoms with Crippen LogP contribution >= 0.6 is 28.6 Å². The Kier molecular flexibility index (Phi) is 4.66. The smallest absolute Gasteiger partial charge is 0.255 e. The van der Waals surface area contributed by atoms with Crippen molar-refractivity contribution < 1.29 is 14.6 Å². The van der Waals surface area contributed by atoms with Crippen LogP contribution in [0.2, 0.25) is 0 Å². The molecule has 1 unspecified atom stereocenters. The molecule has 0 spiro atoms. The van der Waals surface area contributed by atoms with E-state index in [1.165, 1.54) is 0 Å². The van der Waals surface area contributed by atoms with Gasteiger partial charge in [0.15, 0.2) is 0 Å². The predicted octanol–water partition coefficient (Wildman–Crippen LogP) is 1.57. The van der Waals surface area contributed by atoms with Crippen molar-refractivity contribution in [3.05, 3.63) is 28.2 Å². The van der Waals surface area contributed by atoms with Crippen LogP contribution in [-0.4, -0.2) is 48.3 Å². The second-order valence-corrected chi connectivity index (χ2v) is 5.46. The molecule has 1 fully saturated rings. The van der Waals surface area contributed by atoms with Crippen molar-refractivity contribution in [3.63, 3.8) is 0 Å². The van der Waals surface area contributed by atoms with Gasteiger partial charge in [-0.2, -0.15) is 0 Å². The van der Waals surface area contributed by atoms with E-state index < -0.39 is 0 Å². The Hall–Kier alpha value is -0.560. The number of hydrogen-bond acceptors (Lipinski definition) is 4. The number of carbonyl (C=O) groups excluding carboxylic acids is 1. The van der Waals surface area contributed by atoms with Crippen LogP contribution in [0, 0.1) is 0 Å². The Bertz CT molecular complexity index is 455. The molecule has 1 aromatic carbocycles. The Morgan fingerprint density at radius 3 is 3.11 bits per heavy atom. The molecule has 18 heavy (non-hydrogen) atoms. The van der Waals surface area contributed by atoms with Gasteiger partial charge in [-0.25, -0.2) is 0 Å². The summed E-state index contributed by atoms with van der Waals surface area (Å²) in [7, 11) is 0. The van der Waals surface area contributed by atoms with Crippen LogP contribution in [0.3, 0.4) is 0 Å². The van der Waals surface area contributed by atoms with Gasteiger partial charge in [-0.05, 0) is 34.1 Å². The molecule has 98 valence electrons. The van der Waals surface area contributed by atoms with Crippen molar-refractivity contribution in [2.45, 2.75) is 11.0 Å². The van der Waals surface area contributed by atoms with Gasteiger partial charge in [-0.1, -0.05) is 0 Å². The number of benzene rings is 1. The van der Waals surface area contributed by atoms with Crippen molar-refractivity contribution in [3.8, 4) is 0 Å². The van der Waals surface area contributed by atoms with Crippen LogP contribution in [0.5, 0.6) is 0 Å². The minimum Gasteiger partial charge on any atom is -0.394 e. The first-order valence-corrected chi connectivity index (χ1v) is 6.86. The summed E-state index contributed by atoms with van der Waals surface area (Å²) in [6.07, 6.45) is -0.291. The Morgan fingerprint density at radius 2 is 2.39 bits per heavy atom. The van der Waals surface area contributed by atoms with Crippen LogP contribution in [-0.2, 0) is 4.74 Å². The van der Waals surface area contributed by atoms with Crippen molar-refractivity contribution in [2.24, 2.45) is 0 Å². The summed E-state index contributed by atoms with van der Waals surface area (Å²) in [4.78, 5) is 14.8. The third kappa shape index (κ3) is 3.06. The molecule has 1 heterocycles. The van der Waals surface area contributed by atoms with Crippen LogP contribution in [0.15, 0.2) is 27.6 Å². The second-order valence-electron chi connectivity index (χ2n) is 4.09. The number of thiol groups is 1. The molecule has 6 heteroatoms. The largest absolute Gasteiger partial charge is 0.394 e. The maximum atomic E-state index is 12.4. The lowest BCUT2D eigenvalue weighted by Gasteiger charge is -2.32. The molecule has 1 amide bonds. The molecule has 4 nitrogen and oxygen atoms in total. The lowest BCUT2D eigenvalue weighted by Crippen LogP contribution is -2.47. The van der Waals surface area contributed by atoms with Gasteiger partial charge in [-0.15, -0.1) is 12.6 Å². The first-order chi connectivity index (χ1) is 8.61. The summed E-state index contributed by atoms with van der Waals surface area (Å²) in [5, 5.41) is 9.08. The summed E-state index contributed by atoms with van der Waals surface area (Å²) >= 11 is 7.61. The Balaban J connectivity index is 2.17. The monoisotopic (exact) mass is 331 g/mol. The average Bonchev–Trinajstić information content (AvgIpc) is 2.41. The molecule has 2 rings (SSSR count). The number of halogens is 1. The number of ether oxygens (including phenoxy) is 1. The molecule has 0 saturated carbocycles. The molecule has 0 aromatic heterocycles.